The van der Waals surface area contributed by atoms with Crippen molar-refractivity contribution in [3.05, 3.63) is 75.2 Å². The number of carbonyl (C=O) groups is 1. The largest absolute Gasteiger partial charge is 0.367 e. The molecule has 0 aliphatic carbocycles. The second kappa shape index (κ2) is 10.2. The molecule has 2 saturated heterocycles. The second-order valence-corrected chi connectivity index (χ2v) is 11.5. The zero-order chi connectivity index (χ0) is 29.1. The van der Waals surface area contributed by atoms with Crippen LogP contribution < -0.4 is 16.3 Å². The summed E-state index contributed by atoms with van der Waals surface area (Å²) in [5.41, 5.74) is 6.98. The minimum atomic E-state index is -0.990. The number of anilines is 1. The fourth-order valence-electron chi connectivity index (χ4n) is 5.88. The molecule has 2 atom stereocenters. The Kier molecular flexibility index (Phi) is 6.78. The van der Waals surface area contributed by atoms with Crippen molar-refractivity contribution in [1.82, 2.24) is 19.5 Å². The summed E-state index contributed by atoms with van der Waals surface area (Å²) in [4.78, 5) is 42.1. The molecule has 4 aromatic rings. The van der Waals surface area contributed by atoms with E-state index < -0.39 is 23.0 Å². The summed E-state index contributed by atoms with van der Waals surface area (Å²) < 4.78 is 21.9. The quantitative estimate of drug-likeness (QED) is 0.335. The van der Waals surface area contributed by atoms with Gasteiger partial charge in [0.1, 0.15) is 11.6 Å². The van der Waals surface area contributed by atoms with Gasteiger partial charge in [0.25, 0.3) is 5.91 Å². The number of epoxide rings is 1. The highest BCUT2D eigenvalue weighted by Gasteiger charge is 2.57. The van der Waals surface area contributed by atoms with Gasteiger partial charge in [0.05, 0.1) is 34.1 Å². The molecule has 212 valence electrons. The molecular weight excluding hydrogens is 547 g/mol. The first-order valence-electron chi connectivity index (χ1n) is 13.6. The summed E-state index contributed by atoms with van der Waals surface area (Å²) in [6.45, 7) is 7.21. The van der Waals surface area contributed by atoms with Gasteiger partial charge in [-0.15, -0.1) is 0 Å². The Labute approximate surface area is 241 Å². The zero-order valence-corrected chi connectivity index (χ0v) is 23.8. The van der Waals surface area contributed by atoms with Gasteiger partial charge in [-0.1, -0.05) is 37.6 Å². The number of ether oxygens (including phenoxy) is 1. The molecule has 0 saturated carbocycles. The van der Waals surface area contributed by atoms with E-state index in [0.29, 0.717) is 35.7 Å². The number of rotatable bonds is 6. The van der Waals surface area contributed by atoms with Gasteiger partial charge in [-0.05, 0) is 55.5 Å². The number of hydrogen-bond donors (Lipinski definition) is 1. The topological polar surface area (TPSA) is 120 Å². The molecule has 1 aromatic carbocycles. The van der Waals surface area contributed by atoms with Gasteiger partial charge in [0, 0.05) is 30.8 Å². The number of carbonyl (C=O) groups excluding carboxylic acids is 1. The average Bonchev–Trinajstić information content (AvgIpc) is 3.76. The van der Waals surface area contributed by atoms with Crippen molar-refractivity contribution in [2.24, 2.45) is 11.7 Å². The fraction of sp³-hybridized carbons (Fsp3) is 0.367. The molecular formula is C30H30ClFN6O3. The van der Waals surface area contributed by atoms with Crippen LogP contribution in [-0.2, 0) is 9.53 Å². The molecule has 11 heteroatoms. The van der Waals surface area contributed by atoms with Crippen LogP contribution in [0.2, 0.25) is 5.02 Å². The lowest BCUT2D eigenvalue weighted by atomic mass is 9.85. The number of piperidine rings is 1. The smallest absolute Gasteiger partial charge is 0.355 e. The van der Waals surface area contributed by atoms with Gasteiger partial charge in [-0.2, -0.15) is 4.98 Å². The predicted molar refractivity (Wildman–Crippen MR) is 155 cm³/mol. The van der Waals surface area contributed by atoms with Crippen LogP contribution in [0.25, 0.3) is 28.0 Å². The number of aryl methyl sites for hydroxylation is 1. The standard InChI is InChI=1S/C30H30ClFN6O3/c1-16(2)23-25(17(3)10-11-34-23)38-27-20(13-21(31)24(35-27)19-8-4-5-9-22(19)32)26(36-29(38)40)37-12-6-7-18(14-37)30(15-41-30)28(33)39/h4-5,8-11,13,16,18H,6-7,12,14-15H2,1-3H3,(H2,33,39)/t18-,30?/m0/s1. The SMILES string of the molecule is Cc1ccnc(C(C)C)c1-n1c(=O)nc(N2CCC[C@H](C3(C(N)=O)CO3)C2)c2cc(Cl)c(-c3ccccc3F)nc21. The summed E-state index contributed by atoms with van der Waals surface area (Å²) in [5, 5.41) is 0.744. The Balaban J connectivity index is 1.62. The number of aromatic nitrogens is 4. The minimum absolute atomic E-state index is 0.00347. The van der Waals surface area contributed by atoms with Crippen LogP contribution in [0.15, 0.2) is 47.4 Å². The van der Waals surface area contributed by atoms with Crippen LogP contribution in [-0.4, -0.2) is 50.7 Å². The predicted octanol–water partition coefficient (Wildman–Crippen LogP) is 4.54. The summed E-state index contributed by atoms with van der Waals surface area (Å²) in [6.07, 6.45) is 3.22. The number of nitrogens with zero attached hydrogens (tertiary/aromatic N) is 5. The maximum atomic E-state index is 14.9. The first-order valence-corrected chi connectivity index (χ1v) is 14.0. The van der Waals surface area contributed by atoms with Crippen molar-refractivity contribution in [2.75, 3.05) is 24.6 Å². The van der Waals surface area contributed by atoms with Crippen LogP contribution in [0.3, 0.4) is 0 Å². The second-order valence-electron chi connectivity index (χ2n) is 11.1. The van der Waals surface area contributed by atoms with E-state index in [0.717, 1.165) is 18.4 Å². The lowest BCUT2D eigenvalue weighted by molar-refractivity contribution is -0.125. The number of nitrogens with two attached hydrogens (primary N) is 1. The Morgan fingerprint density at radius 2 is 2.00 bits per heavy atom. The third kappa shape index (κ3) is 4.55. The van der Waals surface area contributed by atoms with E-state index in [1.807, 2.05) is 31.7 Å². The third-order valence-electron chi connectivity index (χ3n) is 8.11. The number of fused-ring (bicyclic) bond motifs is 1. The van der Waals surface area contributed by atoms with E-state index in [4.69, 9.17) is 27.1 Å². The maximum absolute atomic E-state index is 14.9. The van der Waals surface area contributed by atoms with Gasteiger partial charge in [-0.3, -0.25) is 9.78 Å². The van der Waals surface area contributed by atoms with Gasteiger partial charge in [0.15, 0.2) is 11.2 Å². The molecule has 1 amide bonds. The van der Waals surface area contributed by atoms with Crippen LogP contribution >= 0.6 is 11.6 Å². The van der Waals surface area contributed by atoms with Crippen LogP contribution in [0.4, 0.5) is 10.2 Å². The van der Waals surface area contributed by atoms with Crippen LogP contribution in [0, 0.1) is 18.7 Å². The van der Waals surface area contributed by atoms with Crippen molar-refractivity contribution in [3.63, 3.8) is 0 Å². The van der Waals surface area contributed by atoms with Crippen LogP contribution in [0.5, 0.6) is 0 Å². The first-order chi connectivity index (χ1) is 19.6. The lowest BCUT2D eigenvalue weighted by Gasteiger charge is -2.36. The van der Waals surface area contributed by atoms with E-state index in [2.05, 4.69) is 9.97 Å². The number of primary amides is 1. The number of benzene rings is 1. The minimum Gasteiger partial charge on any atom is -0.367 e. The molecule has 1 unspecified atom stereocenters. The van der Waals surface area contributed by atoms with Gasteiger partial charge < -0.3 is 15.4 Å². The molecule has 2 aliphatic heterocycles. The Morgan fingerprint density at radius 3 is 2.68 bits per heavy atom. The highest BCUT2D eigenvalue weighted by atomic mass is 35.5. The van der Waals surface area contributed by atoms with Crippen molar-refractivity contribution in [3.8, 4) is 16.9 Å². The van der Waals surface area contributed by atoms with Gasteiger partial charge >= 0.3 is 5.69 Å². The van der Waals surface area contributed by atoms with E-state index in [9.17, 15) is 14.0 Å². The molecule has 2 N–H and O–H groups in total. The molecule has 2 fully saturated rings. The molecule has 0 spiro atoms. The molecule has 41 heavy (non-hydrogen) atoms. The fourth-order valence-corrected chi connectivity index (χ4v) is 6.14. The van der Waals surface area contributed by atoms with Crippen molar-refractivity contribution in [1.29, 1.82) is 0 Å². The highest BCUT2D eigenvalue weighted by molar-refractivity contribution is 6.33. The maximum Gasteiger partial charge on any atom is 0.355 e. The third-order valence-corrected chi connectivity index (χ3v) is 8.40. The monoisotopic (exact) mass is 576 g/mol. The molecule has 6 rings (SSSR count). The molecule has 5 heterocycles. The molecule has 0 bridgehead atoms. The summed E-state index contributed by atoms with van der Waals surface area (Å²) in [7, 11) is 0. The highest BCUT2D eigenvalue weighted by Crippen LogP contribution is 2.42. The Morgan fingerprint density at radius 1 is 1.24 bits per heavy atom. The zero-order valence-electron chi connectivity index (χ0n) is 23.0. The summed E-state index contributed by atoms with van der Waals surface area (Å²) in [5.74, 6) is -0.721. The summed E-state index contributed by atoms with van der Waals surface area (Å²) >= 11 is 6.77. The molecule has 9 nitrogen and oxygen atoms in total. The average molecular weight is 577 g/mol. The van der Waals surface area contributed by atoms with E-state index in [1.165, 1.54) is 10.6 Å². The van der Waals surface area contributed by atoms with E-state index in [1.54, 1.807) is 30.5 Å². The van der Waals surface area contributed by atoms with Crippen molar-refractivity contribution >= 4 is 34.4 Å². The summed E-state index contributed by atoms with van der Waals surface area (Å²) in [6, 6.07) is 9.75. The van der Waals surface area contributed by atoms with E-state index in [-0.39, 0.29) is 40.4 Å². The van der Waals surface area contributed by atoms with Crippen LogP contribution in [0.1, 0.15) is 43.9 Å². The van der Waals surface area contributed by atoms with Gasteiger partial charge in [-0.25, -0.2) is 18.7 Å². The molecule has 2 aliphatic rings. The normalized spacial score (nSPS) is 20.5. The van der Waals surface area contributed by atoms with Gasteiger partial charge in [0.2, 0.25) is 0 Å². The number of pyridine rings is 2. The first kappa shape index (κ1) is 27.3. The lowest BCUT2D eigenvalue weighted by Crippen LogP contribution is -2.48. The molecule has 0 radical (unpaired) electrons. The Hall–Kier alpha value is -3.89. The van der Waals surface area contributed by atoms with Crippen molar-refractivity contribution in [2.45, 2.75) is 45.1 Å². The molecule has 3 aromatic heterocycles. The van der Waals surface area contributed by atoms with E-state index >= 15 is 0 Å². The number of hydrogen-bond acceptors (Lipinski definition) is 7. The van der Waals surface area contributed by atoms with Crippen molar-refractivity contribution < 1.29 is 13.9 Å². The number of halogens is 2. The Bertz CT molecular complexity index is 1750. The number of amides is 1.